The second-order valence-electron chi connectivity index (χ2n) is 7.83. The van der Waals surface area contributed by atoms with E-state index in [1.54, 1.807) is 7.11 Å². The van der Waals surface area contributed by atoms with Crippen LogP contribution in [0.1, 0.15) is 38.2 Å². The maximum atomic E-state index is 6.11. The molecule has 1 saturated heterocycles. The van der Waals surface area contributed by atoms with Crippen LogP contribution in [0.25, 0.3) is 0 Å². The number of methoxy groups -OCH3 is 1. The van der Waals surface area contributed by atoms with E-state index < -0.39 is 0 Å². The van der Waals surface area contributed by atoms with Gasteiger partial charge in [0.2, 0.25) is 0 Å². The Morgan fingerprint density at radius 1 is 1.03 bits per heavy atom. The maximum Gasteiger partial charge on any atom is 0.191 e. The molecule has 0 aliphatic carbocycles. The molecule has 1 aliphatic heterocycles. The molecule has 0 atom stereocenters. The van der Waals surface area contributed by atoms with Gasteiger partial charge in [0.25, 0.3) is 0 Å². The van der Waals surface area contributed by atoms with Gasteiger partial charge in [0.1, 0.15) is 0 Å². The van der Waals surface area contributed by atoms with Gasteiger partial charge in [-0.25, -0.2) is 0 Å². The van der Waals surface area contributed by atoms with E-state index in [0.717, 1.165) is 77.5 Å². The number of likely N-dealkylation sites (tertiary alicyclic amines) is 1. The van der Waals surface area contributed by atoms with E-state index in [1.807, 2.05) is 0 Å². The molecule has 0 saturated carbocycles. The van der Waals surface area contributed by atoms with Crippen molar-refractivity contribution in [3.05, 3.63) is 35.9 Å². The molecular weight excluding hydrogens is 392 g/mol. The Balaban J connectivity index is 1.50. The van der Waals surface area contributed by atoms with Crippen molar-refractivity contribution in [2.45, 2.75) is 45.3 Å². The number of benzene rings is 1. The summed E-state index contributed by atoms with van der Waals surface area (Å²) in [6, 6.07) is 10.7. The van der Waals surface area contributed by atoms with E-state index >= 15 is 0 Å². The number of hydrogen-bond acceptors (Lipinski definition) is 5. The number of nitrogens with one attached hydrogen (secondary N) is 2. The van der Waals surface area contributed by atoms with Crippen LogP contribution in [0.3, 0.4) is 0 Å². The van der Waals surface area contributed by atoms with E-state index in [1.165, 1.54) is 5.56 Å². The molecule has 7 heteroatoms. The van der Waals surface area contributed by atoms with Crippen LogP contribution in [0.5, 0.6) is 0 Å². The molecule has 2 rings (SSSR count). The quantitative estimate of drug-likeness (QED) is 0.251. The Bertz CT molecular complexity index is 577. The van der Waals surface area contributed by atoms with Crippen LogP contribution in [0.15, 0.2) is 35.3 Å². The molecular formula is C24H42N4O3. The number of aliphatic imine (C=N–C) groups is 1. The Morgan fingerprint density at radius 3 is 2.58 bits per heavy atom. The Morgan fingerprint density at radius 2 is 1.84 bits per heavy atom. The molecule has 0 bridgehead atoms. The summed E-state index contributed by atoms with van der Waals surface area (Å²) >= 11 is 0. The zero-order valence-corrected chi connectivity index (χ0v) is 19.5. The zero-order valence-electron chi connectivity index (χ0n) is 19.5. The molecule has 0 aromatic heterocycles. The van der Waals surface area contributed by atoms with Crippen molar-refractivity contribution in [2.75, 3.05) is 66.3 Å². The van der Waals surface area contributed by atoms with Crippen molar-refractivity contribution < 1.29 is 14.2 Å². The lowest BCUT2D eigenvalue weighted by molar-refractivity contribution is 0.00534. The summed E-state index contributed by atoms with van der Waals surface area (Å²) in [6.45, 7) is 10.6. The third kappa shape index (κ3) is 12.1. The number of hydrogen-bond donors (Lipinski definition) is 2. The lowest BCUT2D eigenvalue weighted by Gasteiger charge is -2.32. The van der Waals surface area contributed by atoms with Gasteiger partial charge < -0.3 is 24.8 Å². The van der Waals surface area contributed by atoms with E-state index in [-0.39, 0.29) is 0 Å². The largest absolute Gasteiger partial charge is 0.382 e. The summed E-state index contributed by atoms with van der Waals surface area (Å²) in [6.07, 6.45) is 4.53. The van der Waals surface area contributed by atoms with Gasteiger partial charge in [-0.2, -0.15) is 0 Å². The van der Waals surface area contributed by atoms with Gasteiger partial charge in [-0.05, 0) is 38.2 Å². The number of piperidine rings is 1. The van der Waals surface area contributed by atoms with E-state index in [2.05, 4.69) is 57.8 Å². The highest BCUT2D eigenvalue weighted by Gasteiger charge is 2.19. The van der Waals surface area contributed by atoms with Crippen molar-refractivity contribution in [2.24, 2.45) is 4.99 Å². The number of ether oxygens (including phenoxy) is 3. The molecule has 0 spiro atoms. The van der Waals surface area contributed by atoms with Gasteiger partial charge in [-0.3, -0.25) is 9.89 Å². The highest BCUT2D eigenvalue weighted by atomic mass is 16.5. The van der Waals surface area contributed by atoms with Gasteiger partial charge in [0.05, 0.1) is 19.3 Å². The molecule has 1 heterocycles. The van der Waals surface area contributed by atoms with Crippen LogP contribution in [0.2, 0.25) is 0 Å². The van der Waals surface area contributed by atoms with Crippen molar-refractivity contribution in [3.8, 4) is 0 Å². The first-order valence-electron chi connectivity index (χ1n) is 11.8. The summed E-state index contributed by atoms with van der Waals surface area (Å²) in [7, 11) is 1.68. The van der Waals surface area contributed by atoms with Gasteiger partial charge in [-0.15, -0.1) is 0 Å². The standard InChI is InChI=1S/C24H42N4O3/c1-3-25-24(26-13-7-17-30-20-19-29-2)27-14-8-18-31-23-11-15-28(16-12-23)21-22-9-5-4-6-10-22/h4-6,9-10,23H,3,7-8,11-21H2,1-2H3,(H2,25,26,27). The van der Waals surface area contributed by atoms with Gasteiger partial charge in [0.15, 0.2) is 5.96 Å². The molecule has 0 amide bonds. The number of rotatable bonds is 15. The molecule has 1 aromatic rings. The summed E-state index contributed by atoms with van der Waals surface area (Å²) in [5.41, 5.74) is 1.39. The van der Waals surface area contributed by atoms with Crippen LogP contribution in [-0.2, 0) is 20.8 Å². The smallest absolute Gasteiger partial charge is 0.191 e. The van der Waals surface area contributed by atoms with Crippen LogP contribution in [-0.4, -0.2) is 83.2 Å². The fraction of sp³-hybridized carbons (Fsp3) is 0.708. The van der Waals surface area contributed by atoms with Crippen molar-refractivity contribution in [1.82, 2.24) is 15.5 Å². The fourth-order valence-electron chi connectivity index (χ4n) is 3.55. The van der Waals surface area contributed by atoms with Crippen molar-refractivity contribution >= 4 is 5.96 Å². The van der Waals surface area contributed by atoms with Crippen LogP contribution < -0.4 is 10.6 Å². The monoisotopic (exact) mass is 434 g/mol. The molecule has 0 unspecified atom stereocenters. The fourth-order valence-corrected chi connectivity index (χ4v) is 3.55. The average Bonchev–Trinajstić information content (AvgIpc) is 2.80. The Hall–Kier alpha value is -1.67. The third-order valence-corrected chi connectivity index (χ3v) is 5.24. The van der Waals surface area contributed by atoms with Gasteiger partial charge in [-0.1, -0.05) is 30.3 Å². The van der Waals surface area contributed by atoms with Crippen LogP contribution in [0.4, 0.5) is 0 Å². The molecule has 176 valence electrons. The molecule has 2 N–H and O–H groups in total. The molecule has 31 heavy (non-hydrogen) atoms. The minimum absolute atomic E-state index is 0.395. The second-order valence-corrected chi connectivity index (χ2v) is 7.83. The first-order valence-corrected chi connectivity index (χ1v) is 11.8. The second kappa shape index (κ2) is 17.0. The summed E-state index contributed by atoms with van der Waals surface area (Å²) in [5.74, 6) is 0.869. The minimum Gasteiger partial charge on any atom is -0.382 e. The predicted molar refractivity (Wildman–Crippen MR) is 127 cm³/mol. The minimum atomic E-state index is 0.395. The molecule has 7 nitrogen and oxygen atoms in total. The van der Waals surface area contributed by atoms with Crippen LogP contribution in [0, 0.1) is 0 Å². The zero-order chi connectivity index (χ0) is 22.0. The van der Waals surface area contributed by atoms with E-state index in [0.29, 0.717) is 25.9 Å². The molecule has 1 aliphatic rings. The average molecular weight is 435 g/mol. The summed E-state index contributed by atoms with van der Waals surface area (Å²) < 4.78 is 16.5. The van der Waals surface area contributed by atoms with Crippen molar-refractivity contribution in [1.29, 1.82) is 0 Å². The van der Waals surface area contributed by atoms with Crippen molar-refractivity contribution in [3.63, 3.8) is 0 Å². The third-order valence-electron chi connectivity index (χ3n) is 5.24. The molecule has 1 fully saturated rings. The maximum absolute atomic E-state index is 6.11. The highest BCUT2D eigenvalue weighted by Crippen LogP contribution is 2.16. The molecule has 0 radical (unpaired) electrons. The van der Waals surface area contributed by atoms with Gasteiger partial charge in [0, 0.05) is 59.6 Å². The summed E-state index contributed by atoms with van der Waals surface area (Å²) in [4.78, 5) is 7.12. The Kier molecular flexibility index (Phi) is 14.0. The normalized spacial score (nSPS) is 15.9. The Labute approximate surface area is 188 Å². The lowest BCUT2D eigenvalue weighted by Crippen LogP contribution is -2.39. The summed E-state index contributed by atoms with van der Waals surface area (Å²) in [5, 5.41) is 6.68. The highest BCUT2D eigenvalue weighted by molar-refractivity contribution is 5.79. The predicted octanol–water partition coefficient (Wildman–Crippen LogP) is 2.67. The van der Waals surface area contributed by atoms with Crippen LogP contribution >= 0.6 is 0 Å². The van der Waals surface area contributed by atoms with E-state index in [4.69, 9.17) is 14.2 Å². The number of nitrogens with zero attached hydrogens (tertiary/aromatic N) is 2. The topological polar surface area (TPSA) is 67.4 Å². The van der Waals surface area contributed by atoms with E-state index in [9.17, 15) is 0 Å². The van der Waals surface area contributed by atoms with Gasteiger partial charge >= 0.3 is 0 Å². The first-order chi connectivity index (χ1) is 15.3. The first kappa shape index (κ1) is 25.6. The SMILES string of the molecule is CCNC(=NCCCOCCOC)NCCCOC1CCN(Cc2ccccc2)CC1. The lowest BCUT2D eigenvalue weighted by atomic mass is 10.1. The molecule has 1 aromatic carbocycles. The number of guanidine groups is 1.